The lowest BCUT2D eigenvalue weighted by atomic mass is 10.00. The number of anilines is 2. The summed E-state index contributed by atoms with van der Waals surface area (Å²) in [6, 6.07) is 18.8. The van der Waals surface area contributed by atoms with Crippen LogP contribution in [-0.2, 0) is 9.59 Å². The average Bonchev–Trinajstić information content (AvgIpc) is 3.06. The van der Waals surface area contributed by atoms with Crippen LogP contribution in [0.4, 0.5) is 16.2 Å². The predicted octanol–water partition coefficient (Wildman–Crippen LogP) is 4.68. The van der Waals surface area contributed by atoms with E-state index in [1.165, 1.54) is 4.90 Å². The SMILES string of the molecule is Cc1cc(NC(=O)N[C@H](C)c2cccc3ccccc23)ccc1N1C(=O)CCC1=O. The van der Waals surface area contributed by atoms with E-state index in [4.69, 9.17) is 0 Å². The first-order chi connectivity index (χ1) is 14.4. The first kappa shape index (κ1) is 19.6. The number of aryl methyl sites for hydroxylation is 1. The second kappa shape index (κ2) is 7.99. The molecule has 0 bridgehead atoms. The van der Waals surface area contributed by atoms with Crippen LogP contribution in [0.3, 0.4) is 0 Å². The highest BCUT2D eigenvalue weighted by Gasteiger charge is 2.31. The van der Waals surface area contributed by atoms with Crippen LogP contribution in [0, 0.1) is 6.92 Å². The number of hydrogen-bond acceptors (Lipinski definition) is 3. The second-order valence-electron chi connectivity index (χ2n) is 7.51. The van der Waals surface area contributed by atoms with Gasteiger partial charge in [0.2, 0.25) is 11.8 Å². The van der Waals surface area contributed by atoms with Crippen molar-refractivity contribution in [2.24, 2.45) is 0 Å². The van der Waals surface area contributed by atoms with E-state index in [-0.39, 0.29) is 36.7 Å². The van der Waals surface area contributed by atoms with Gasteiger partial charge in [0.25, 0.3) is 0 Å². The van der Waals surface area contributed by atoms with Gasteiger partial charge in [0, 0.05) is 18.5 Å². The number of rotatable bonds is 4. The normalized spacial score (nSPS) is 14.8. The average molecular weight is 401 g/mol. The lowest BCUT2D eigenvalue weighted by Crippen LogP contribution is -2.31. The number of imide groups is 1. The first-order valence-corrected chi connectivity index (χ1v) is 9.95. The maximum atomic E-state index is 12.5. The summed E-state index contributed by atoms with van der Waals surface area (Å²) in [4.78, 5) is 37.7. The highest BCUT2D eigenvalue weighted by atomic mass is 16.2. The molecule has 0 radical (unpaired) electrons. The van der Waals surface area contributed by atoms with Gasteiger partial charge in [0.15, 0.2) is 0 Å². The van der Waals surface area contributed by atoms with E-state index in [1.807, 2.05) is 56.3 Å². The Morgan fingerprint density at radius 2 is 1.67 bits per heavy atom. The molecule has 0 aromatic heterocycles. The van der Waals surface area contributed by atoms with E-state index in [0.717, 1.165) is 21.9 Å². The lowest BCUT2D eigenvalue weighted by molar-refractivity contribution is -0.121. The number of hydrogen-bond donors (Lipinski definition) is 2. The van der Waals surface area contributed by atoms with Gasteiger partial charge in [-0.3, -0.25) is 14.5 Å². The van der Waals surface area contributed by atoms with Crippen LogP contribution in [0.2, 0.25) is 0 Å². The lowest BCUT2D eigenvalue weighted by Gasteiger charge is -2.19. The fraction of sp³-hybridized carbons (Fsp3) is 0.208. The predicted molar refractivity (Wildman–Crippen MR) is 117 cm³/mol. The maximum absolute atomic E-state index is 12.5. The van der Waals surface area contributed by atoms with E-state index in [9.17, 15) is 14.4 Å². The minimum Gasteiger partial charge on any atom is -0.331 e. The molecule has 0 spiro atoms. The molecule has 2 N–H and O–H groups in total. The van der Waals surface area contributed by atoms with Crippen molar-refractivity contribution in [3.63, 3.8) is 0 Å². The summed E-state index contributed by atoms with van der Waals surface area (Å²) in [5, 5.41) is 8.04. The maximum Gasteiger partial charge on any atom is 0.319 e. The molecule has 30 heavy (non-hydrogen) atoms. The molecule has 1 fully saturated rings. The standard InChI is InChI=1S/C24H23N3O3/c1-15-14-18(10-11-21(15)27-22(28)12-13-23(27)29)26-24(30)25-16(2)19-9-5-7-17-6-3-4-8-20(17)19/h3-11,14,16H,12-13H2,1-2H3,(H2,25,26,30)/t16-/m1/s1. The van der Waals surface area contributed by atoms with Crippen molar-refractivity contribution in [2.45, 2.75) is 32.7 Å². The fourth-order valence-electron chi connectivity index (χ4n) is 3.90. The molecule has 1 saturated heterocycles. The summed E-state index contributed by atoms with van der Waals surface area (Å²) in [5.74, 6) is -0.379. The molecule has 0 unspecified atom stereocenters. The summed E-state index contributed by atoms with van der Waals surface area (Å²) < 4.78 is 0. The molecular weight excluding hydrogens is 378 g/mol. The van der Waals surface area contributed by atoms with E-state index in [2.05, 4.69) is 10.6 Å². The molecule has 1 heterocycles. The van der Waals surface area contributed by atoms with Gasteiger partial charge in [-0.2, -0.15) is 0 Å². The molecule has 3 aromatic rings. The molecule has 1 aliphatic rings. The fourth-order valence-corrected chi connectivity index (χ4v) is 3.90. The highest BCUT2D eigenvalue weighted by molar-refractivity contribution is 6.20. The first-order valence-electron chi connectivity index (χ1n) is 9.95. The molecular formula is C24H23N3O3. The number of urea groups is 1. The van der Waals surface area contributed by atoms with Crippen LogP contribution in [0.25, 0.3) is 10.8 Å². The zero-order valence-corrected chi connectivity index (χ0v) is 16.9. The van der Waals surface area contributed by atoms with E-state index in [1.54, 1.807) is 18.2 Å². The van der Waals surface area contributed by atoms with Crippen molar-refractivity contribution in [3.05, 3.63) is 71.8 Å². The molecule has 4 rings (SSSR count). The van der Waals surface area contributed by atoms with Crippen molar-refractivity contribution in [2.75, 3.05) is 10.2 Å². The van der Waals surface area contributed by atoms with Crippen molar-refractivity contribution in [3.8, 4) is 0 Å². The Kier molecular flexibility index (Phi) is 5.23. The zero-order chi connectivity index (χ0) is 21.3. The molecule has 0 saturated carbocycles. The number of carbonyl (C=O) groups is 3. The summed E-state index contributed by atoms with van der Waals surface area (Å²) >= 11 is 0. The van der Waals surface area contributed by atoms with Gasteiger partial charge in [0.1, 0.15) is 0 Å². The van der Waals surface area contributed by atoms with Crippen molar-refractivity contribution in [1.82, 2.24) is 5.32 Å². The number of benzene rings is 3. The van der Waals surface area contributed by atoms with Crippen LogP contribution in [0.15, 0.2) is 60.7 Å². The Labute approximate surface area is 174 Å². The van der Waals surface area contributed by atoms with Gasteiger partial charge in [-0.15, -0.1) is 0 Å². The van der Waals surface area contributed by atoms with Crippen LogP contribution in [0.5, 0.6) is 0 Å². The monoisotopic (exact) mass is 401 g/mol. The second-order valence-corrected chi connectivity index (χ2v) is 7.51. The number of amides is 4. The molecule has 3 aromatic carbocycles. The molecule has 0 aliphatic carbocycles. The van der Waals surface area contributed by atoms with Crippen molar-refractivity contribution >= 4 is 40.0 Å². The molecule has 152 valence electrons. The van der Waals surface area contributed by atoms with Crippen LogP contribution >= 0.6 is 0 Å². The van der Waals surface area contributed by atoms with Gasteiger partial charge < -0.3 is 10.6 Å². The van der Waals surface area contributed by atoms with Crippen LogP contribution < -0.4 is 15.5 Å². The Morgan fingerprint density at radius 3 is 2.40 bits per heavy atom. The van der Waals surface area contributed by atoms with Gasteiger partial charge in [0.05, 0.1) is 11.7 Å². The van der Waals surface area contributed by atoms with Crippen LogP contribution in [0.1, 0.15) is 36.9 Å². The Hall–Kier alpha value is -3.67. The van der Waals surface area contributed by atoms with E-state index < -0.39 is 0 Å². The smallest absolute Gasteiger partial charge is 0.319 e. The number of fused-ring (bicyclic) bond motifs is 1. The molecule has 6 nitrogen and oxygen atoms in total. The van der Waals surface area contributed by atoms with Crippen molar-refractivity contribution in [1.29, 1.82) is 0 Å². The zero-order valence-electron chi connectivity index (χ0n) is 16.9. The highest BCUT2D eigenvalue weighted by Crippen LogP contribution is 2.28. The van der Waals surface area contributed by atoms with Crippen LogP contribution in [-0.4, -0.2) is 17.8 Å². The summed E-state index contributed by atoms with van der Waals surface area (Å²) in [6.07, 6.45) is 0.486. The third kappa shape index (κ3) is 3.76. The third-order valence-electron chi connectivity index (χ3n) is 5.38. The Bertz CT molecular complexity index is 1130. The summed E-state index contributed by atoms with van der Waals surface area (Å²) in [5.41, 5.74) is 2.95. The number of carbonyl (C=O) groups excluding carboxylic acids is 3. The van der Waals surface area contributed by atoms with E-state index in [0.29, 0.717) is 11.4 Å². The molecule has 1 atom stereocenters. The number of nitrogens with one attached hydrogen (secondary N) is 2. The summed E-state index contributed by atoms with van der Waals surface area (Å²) in [6.45, 7) is 3.76. The van der Waals surface area contributed by atoms with Gasteiger partial charge >= 0.3 is 6.03 Å². The Balaban J connectivity index is 1.47. The van der Waals surface area contributed by atoms with E-state index >= 15 is 0 Å². The van der Waals surface area contributed by atoms with Gasteiger partial charge in [-0.25, -0.2) is 4.79 Å². The topological polar surface area (TPSA) is 78.5 Å². The Morgan fingerprint density at radius 1 is 0.967 bits per heavy atom. The quantitative estimate of drug-likeness (QED) is 0.623. The van der Waals surface area contributed by atoms with Gasteiger partial charge in [-0.1, -0.05) is 42.5 Å². The number of nitrogens with zero attached hydrogens (tertiary/aromatic N) is 1. The minimum absolute atomic E-state index is 0.184. The summed E-state index contributed by atoms with van der Waals surface area (Å²) in [7, 11) is 0. The third-order valence-corrected chi connectivity index (χ3v) is 5.38. The minimum atomic E-state index is -0.323. The van der Waals surface area contributed by atoms with Crippen molar-refractivity contribution < 1.29 is 14.4 Å². The molecule has 6 heteroatoms. The molecule has 1 aliphatic heterocycles. The largest absolute Gasteiger partial charge is 0.331 e. The van der Waals surface area contributed by atoms with Gasteiger partial charge in [-0.05, 0) is 53.9 Å². The molecule has 4 amide bonds.